The first-order valence-corrected chi connectivity index (χ1v) is 6.14. The minimum atomic E-state index is 0.409. The first-order valence-electron chi connectivity index (χ1n) is 6.14. The minimum Gasteiger partial charge on any atom is -0.378 e. The summed E-state index contributed by atoms with van der Waals surface area (Å²) in [6, 6.07) is 0.409. The Hall–Kier alpha value is -0.0800. The lowest BCUT2D eigenvalue weighted by Gasteiger charge is -2.20. The van der Waals surface area contributed by atoms with Crippen molar-refractivity contribution in [3.63, 3.8) is 0 Å². The van der Waals surface area contributed by atoms with Gasteiger partial charge < -0.3 is 10.5 Å². The molecule has 0 aromatic heterocycles. The molecule has 82 valence electrons. The van der Waals surface area contributed by atoms with E-state index < -0.39 is 0 Å². The SMILES string of the molecule is CC(C(N)CCC1CCCO1)C1CC1. The van der Waals surface area contributed by atoms with E-state index in [9.17, 15) is 0 Å². The van der Waals surface area contributed by atoms with E-state index in [-0.39, 0.29) is 0 Å². The summed E-state index contributed by atoms with van der Waals surface area (Å²) in [5.41, 5.74) is 6.18. The van der Waals surface area contributed by atoms with Crippen LogP contribution in [0.3, 0.4) is 0 Å². The maximum absolute atomic E-state index is 6.18. The van der Waals surface area contributed by atoms with Crippen LogP contribution in [0.4, 0.5) is 0 Å². The normalized spacial score (nSPS) is 31.7. The topological polar surface area (TPSA) is 35.2 Å². The Morgan fingerprint density at radius 3 is 2.71 bits per heavy atom. The van der Waals surface area contributed by atoms with Gasteiger partial charge in [-0.3, -0.25) is 0 Å². The zero-order chi connectivity index (χ0) is 9.97. The molecule has 1 saturated carbocycles. The van der Waals surface area contributed by atoms with E-state index in [1.807, 2.05) is 0 Å². The zero-order valence-corrected chi connectivity index (χ0v) is 9.24. The number of hydrogen-bond donors (Lipinski definition) is 1. The van der Waals surface area contributed by atoms with E-state index in [1.165, 1.54) is 32.1 Å². The standard InChI is InChI=1S/C12H23NO/c1-9(10-4-5-10)12(13)7-6-11-3-2-8-14-11/h9-12H,2-8,13H2,1H3. The van der Waals surface area contributed by atoms with Gasteiger partial charge in [-0.25, -0.2) is 0 Å². The molecule has 2 aliphatic rings. The second-order valence-electron chi connectivity index (χ2n) is 5.07. The summed E-state index contributed by atoms with van der Waals surface area (Å²) >= 11 is 0. The van der Waals surface area contributed by atoms with Crippen molar-refractivity contribution < 1.29 is 4.74 Å². The largest absolute Gasteiger partial charge is 0.378 e. The first kappa shape index (κ1) is 10.4. The van der Waals surface area contributed by atoms with Gasteiger partial charge in [-0.05, 0) is 50.4 Å². The Labute approximate surface area is 87.2 Å². The van der Waals surface area contributed by atoms with Gasteiger partial charge in [0.15, 0.2) is 0 Å². The van der Waals surface area contributed by atoms with Crippen LogP contribution in [0, 0.1) is 11.8 Å². The molecule has 0 radical (unpaired) electrons. The summed E-state index contributed by atoms with van der Waals surface area (Å²) in [5, 5.41) is 0. The molecule has 3 unspecified atom stereocenters. The van der Waals surface area contributed by atoms with Crippen LogP contribution in [0.1, 0.15) is 45.4 Å². The lowest BCUT2D eigenvalue weighted by molar-refractivity contribution is 0.0987. The Morgan fingerprint density at radius 2 is 2.14 bits per heavy atom. The van der Waals surface area contributed by atoms with E-state index in [2.05, 4.69) is 6.92 Å². The number of hydrogen-bond acceptors (Lipinski definition) is 2. The molecule has 1 heterocycles. The Bertz CT molecular complexity index is 173. The molecule has 2 N–H and O–H groups in total. The smallest absolute Gasteiger partial charge is 0.0576 e. The van der Waals surface area contributed by atoms with E-state index in [4.69, 9.17) is 10.5 Å². The Balaban J connectivity index is 1.63. The van der Waals surface area contributed by atoms with Crippen molar-refractivity contribution in [1.82, 2.24) is 0 Å². The highest BCUT2D eigenvalue weighted by Gasteiger charge is 2.31. The molecule has 2 nitrogen and oxygen atoms in total. The summed E-state index contributed by atoms with van der Waals surface area (Å²) < 4.78 is 5.60. The van der Waals surface area contributed by atoms with Crippen molar-refractivity contribution in [2.45, 2.75) is 57.6 Å². The van der Waals surface area contributed by atoms with Crippen LogP contribution in [0.15, 0.2) is 0 Å². The van der Waals surface area contributed by atoms with Crippen LogP contribution < -0.4 is 5.73 Å². The van der Waals surface area contributed by atoms with Gasteiger partial charge in [0.05, 0.1) is 6.10 Å². The van der Waals surface area contributed by atoms with Crippen molar-refractivity contribution in [2.24, 2.45) is 17.6 Å². The summed E-state index contributed by atoms with van der Waals surface area (Å²) in [7, 11) is 0. The predicted octanol–water partition coefficient (Wildman–Crippen LogP) is 2.32. The van der Waals surface area contributed by atoms with Gasteiger partial charge in [-0.15, -0.1) is 0 Å². The quantitative estimate of drug-likeness (QED) is 0.734. The fourth-order valence-electron chi connectivity index (χ4n) is 2.48. The van der Waals surface area contributed by atoms with Gasteiger partial charge in [0.1, 0.15) is 0 Å². The molecule has 3 atom stereocenters. The molecule has 1 aliphatic carbocycles. The molecular weight excluding hydrogens is 174 g/mol. The van der Waals surface area contributed by atoms with Crippen molar-refractivity contribution in [1.29, 1.82) is 0 Å². The monoisotopic (exact) mass is 197 g/mol. The second kappa shape index (κ2) is 4.63. The van der Waals surface area contributed by atoms with Gasteiger partial charge in [0.25, 0.3) is 0 Å². The van der Waals surface area contributed by atoms with Gasteiger partial charge in [-0.2, -0.15) is 0 Å². The molecule has 1 aliphatic heterocycles. The third-order valence-electron chi connectivity index (χ3n) is 3.89. The summed E-state index contributed by atoms with van der Waals surface area (Å²) in [6.07, 6.45) is 8.18. The molecular formula is C12H23NO. The van der Waals surface area contributed by atoms with Gasteiger partial charge in [0.2, 0.25) is 0 Å². The van der Waals surface area contributed by atoms with Gasteiger partial charge in [0, 0.05) is 12.6 Å². The molecule has 2 fully saturated rings. The van der Waals surface area contributed by atoms with Crippen molar-refractivity contribution in [3.8, 4) is 0 Å². The molecule has 2 rings (SSSR count). The van der Waals surface area contributed by atoms with Crippen LogP contribution >= 0.6 is 0 Å². The minimum absolute atomic E-state index is 0.409. The van der Waals surface area contributed by atoms with Crippen molar-refractivity contribution >= 4 is 0 Å². The highest BCUT2D eigenvalue weighted by molar-refractivity contribution is 4.85. The van der Waals surface area contributed by atoms with Gasteiger partial charge in [-0.1, -0.05) is 6.92 Å². The highest BCUT2D eigenvalue weighted by atomic mass is 16.5. The number of ether oxygens (including phenoxy) is 1. The second-order valence-corrected chi connectivity index (χ2v) is 5.07. The van der Waals surface area contributed by atoms with Crippen LogP contribution in [0.2, 0.25) is 0 Å². The fourth-order valence-corrected chi connectivity index (χ4v) is 2.48. The van der Waals surface area contributed by atoms with Crippen LogP contribution in [0.25, 0.3) is 0 Å². The molecule has 0 amide bonds. The molecule has 0 aromatic rings. The Kier molecular flexibility index (Phi) is 3.45. The van der Waals surface area contributed by atoms with Crippen LogP contribution in [0.5, 0.6) is 0 Å². The molecule has 0 spiro atoms. The molecule has 2 heteroatoms. The maximum Gasteiger partial charge on any atom is 0.0576 e. The molecule has 0 bridgehead atoms. The third kappa shape index (κ3) is 2.71. The van der Waals surface area contributed by atoms with Crippen molar-refractivity contribution in [2.75, 3.05) is 6.61 Å². The van der Waals surface area contributed by atoms with E-state index >= 15 is 0 Å². The summed E-state index contributed by atoms with van der Waals surface area (Å²) in [4.78, 5) is 0. The van der Waals surface area contributed by atoms with E-state index in [0.717, 1.165) is 24.9 Å². The summed E-state index contributed by atoms with van der Waals surface area (Å²) in [5.74, 6) is 1.67. The molecule has 1 saturated heterocycles. The lowest BCUT2D eigenvalue weighted by Crippen LogP contribution is -2.30. The fraction of sp³-hybridized carbons (Fsp3) is 1.00. The predicted molar refractivity (Wildman–Crippen MR) is 58.1 cm³/mol. The first-order chi connectivity index (χ1) is 6.77. The number of nitrogens with two attached hydrogens (primary N) is 1. The van der Waals surface area contributed by atoms with Crippen LogP contribution in [-0.4, -0.2) is 18.8 Å². The molecule has 14 heavy (non-hydrogen) atoms. The average molecular weight is 197 g/mol. The maximum atomic E-state index is 6.18. The van der Waals surface area contributed by atoms with Crippen molar-refractivity contribution in [3.05, 3.63) is 0 Å². The molecule has 0 aromatic carbocycles. The lowest BCUT2D eigenvalue weighted by atomic mass is 9.92. The van der Waals surface area contributed by atoms with Gasteiger partial charge >= 0.3 is 0 Å². The number of rotatable bonds is 5. The van der Waals surface area contributed by atoms with E-state index in [0.29, 0.717) is 12.1 Å². The third-order valence-corrected chi connectivity index (χ3v) is 3.89. The average Bonchev–Trinajstić information content (AvgIpc) is 2.91. The van der Waals surface area contributed by atoms with E-state index in [1.54, 1.807) is 0 Å². The zero-order valence-electron chi connectivity index (χ0n) is 9.24. The summed E-state index contributed by atoms with van der Waals surface area (Å²) in [6.45, 7) is 3.29. The highest BCUT2D eigenvalue weighted by Crippen LogP contribution is 2.38. The Morgan fingerprint density at radius 1 is 1.36 bits per heavy atom. The van der Waals surface area contributed by atoms with Crippen LogP contribution in [-0.2, 0) is 4.74 Å².